The third-order valence-electron chi connectivity index (χ3n) is 5.57. The fourth-order valence-corrected chi connectivity index (χ4v) is 4.24. The number of aliphatic hydroxyl groups excluding tert-OH is 1. The van der Waals surface area contributed by atoms with Crippen molar-refractivity contribution in [3.05, 3.63) is 57.8 Å². The zero-order valence-corrected chi connectivity index (χ0v) is 20.6. The van der Waals surface area contributed by atoms with Gasteiger partial charge >= 0.3 is 6.09 Å². The summed E-state index contributed by atoms with van der Waals surface area (Å²) in [4.78, 5) is 14.7. The molecule has 0 aliphatic heterocycles. The van der Waals surface area contributed by atoms with Gasteiger partial charge in [-0.3, -0.25) is 0 Å². The highest BCUT2D eigenvalue weighted by molar-refractivity contribution is 9.10. The van der Waals surface area contributed by atoms with Crippen LogP contribution in [0, 0.1) is 11.8 Å². The van der Waals surface area contributed by atoms with Crippen LogP contribution in [0.3, 0.4) is 0 Å². The third kappa shape index (κ3) is 6.45. The number of benzene rings is 1. The third-order valence-corrected chi connectivity index (χ3v) is 6.10. The van der Waals surface area contributed by atoms with Crippen LogP contribution in [0.25, 0.3) is 0 Å². The molecule has 1 N–H and O–H groups in total. The molecular weight excluding hydrogens is 442 g/mol. The van der Waals surface area contributed by atoms with E-state index in [9.17, 15) is 9.90 Å². The Labute approximate surface area is 190 Å². The molecule has 0 spiro atoms. The van der Waals surface area contributed by atoms with Gasteiger partial charge in [0.2, 0.25) is 0 Å². The molecule has 0 heterocycles. The molecule has 0 unspecified atom stereocenters. The highest BCUT2D eigenvalue weighted by atomic mass is 79.9. The van der Waals surface area contributed by atoms with E-state index < -0.39 is 6.10 Å². The van der Waals surface area contributed by atoms with Crippen LogP contribution in [0.5, 0.6) is 0 Å². The van der Waals surface area contributed by atoms with Gasteiger partial charge in [0, 0.05) is 22.5 Å². The fraction of sp³-hybridized carbons (Fsp3) is 0.560. The molecule has 5 heteroatoms. The smallest absolute Gasteiger partial charge is 0.410 e. The Morgan fingerprint density at radius 3 is 2.17 bits per heavy atom. The minimum atomic E-state index is -0.680. The van der Waals surface area contributed by atoms with Crippen molar-refractivity contribution < 1.29 is 14.6 Å². The van der Waals surface area contributed by atoms with Crippen LogP contribution in [0.4, 0.5) is 4.79 Å². The first-order valence-electron chi connectivity index (χ1n) is 11.0. The lowest BCUT2D eigenvalue weighted by atomic mass is 9.85. The van der Waals surface area contributed by atoms with Gasteiger partial charge in [-0.05, 0) is 82.2 Å². The summed E-state index contributed by atoms with van der Waals surface area (Å²) < 4.78 is 6.94. The Bertz CT molecular complexity index is 757. The van der Waals surface area contributed by atoms with Gasteiger partial charge < -0.3 is 14.7 Å². The topological polar surface area (TPSA) is 49.8 Å². The molecule has 1 aliphatic rings. The second kappa shape index (κ2) is 11.1. The number of carbonyl (C=O) groups is 1. The summed E-state index contributed by atoms with van der Waals surface area (Å²) in [6, 6.07) is 7.82. The quantitative estimate of drug-likeness (QED) is 0.409. The van der Waals surface area contributed by atoms with Crippen molar-refractivity contribution in [2.75, 3.05) is 0 Å². The van der Waals surface area contributed by atoms with Gasteiger partial charge in [-0.15, -0.1) is 0 Å². The van der Waals surface area contributed by atoms with Crippen LogP contribution in [0.2, 0.25) is 0 Å². The first-order chi connectivity index (χ1) is 14.1. The number of rotatable bonds is 8. The van der Waals surface area contributed by atoms with E-state index in [0.717, 1.165) is 34.9 Å². The van der Waals surface area contributed by atoms with Gasteiger partial charge in [0.05, 0.1) is 6.10 Å². The molecular formula is C25H36BrNO3. The minimum Gasteiger partial charge on any atom is -0.410 e. The Hall–Kier alpha value is -1.59. The number of nitrogens with zero attached hydrogens (tertiary/aromatic N) is 1. The van der Waals surface area contributed by atoms with E-state index in [2.05, 4.69) is 35.9 Å². The number of hydrogen-bond acceptors (Lipinski definition) is 3. The average Bonchev–Trinajstić information content (AvgIpc) is 3.18. The molecule has 0 saturated carbocycles. The maximum absolute atomic E-state index is 13.0. The van der Waals surface area contributed by atoms with Crippen LogP contribution >= 0.6 is 15.9 Å². The summed E-state index contributed by atoms with van der Waals surface area (Å²) >= 11 is 3.45. The van der Waals surface area contributed by atoms with Gasteiger partial charge in [0.15, 0.2) is 0 Å². The molecule has 1 aliphatic carbocycles. The molecule has 1 aromatic rings. The molecule has 0 radical (unpaired) electrons. The molecule has 2 atom stereocenters. The summed E-state index contributed by atoms with van der Waals surface area (Å²) in [7, 11) is 0. The second-order valence-electron chi connectivity index (χ2n) is 8.93. The lowest BCUT2D eigenvalue weighted by molar-refractivity contribution is 0.0932. The largest absolute Gasteiger partial charge is 0.415 e. The van der Waals surface area contributed by atoms with Crippen molar-refractivity contribution >= 4 is 22.0 Å². The molecule has 0 aromatic heterocycles. The fourth-order valence-electron chi connectivity index (χ4n) is 3.97. The number of halogens is 1. The Morgan fingerprint density at radius 1 is 1.10 bits per heavy atom. The first kappa shape index (κ1) is 24.7. The SMILES string of the molecule is CC(C)[C@@H](/C=C(\OC(=O)N(C(C)C)C(C)C)C1=CCCC1)[C@H](O)c1ccc(Br)cc1. The highest BCUT2D eigenvalue weighted by Gasteiger charge is 2.28. The summed E-state index contributed by atoms with van der Waals surface area (Å²) in [5.74, 6) is 0.589. The van der Waals surface area contributed by atoms with Crippen molar-refractivity contribution in [2.45, 2.75) is 79.0 Å². The summed E-state index contributed by atoms with van der Waals surface area (Å²) in [6.07, 6.45) is 6.04. The maximum atomic E-state index is 13.0. The standard InChI is InChI=1S/C25H36BrNO3/c1-16(2)22(24(28)20-11-13-21(26)14-12-20)15-23(19-9-7-8-10-19)30-25(29)27(17(3)4)18(5)6/h9,11-18,22,24,28H,7-8,10H2,1-6H3/b23-15-/t22-,24-/m1/s1. The molecule has 166 valence electrons. The predicted octanol–water partition coefficient (Wildman–Crippen LogP) is 7.00. The van der Waals surface area contributed by atoms with E-state index in [1.807, 2.05) is 58.0 Å². The van der Waals surface area contributed by atoms with Crippen LogP contribution in [-0.4, -0.2) is 28.2 Å². The van der Waals surface area contributed by atoms with Crippen LogP contribution in [-0.2, 0) is 4.74 Å². The molecule has 2 rings (SSSR count). The van der Waals surface area contributed by atoms with Crippen LogP contribution in [0.1, 0.15) is 72.5 Å². The molecule has 0 fully saturated rings. The molecule has 1 aromatic carbocycles. The molecule has 0 saturated heterocycles. The van der Waals surface area contributed by atoms with Crippen LogP contribution in [0.15, 0.2) is 52.2 Å². The van der Waals surface area contributed by atoms with Gasteiger partial charge in [0.25, 0.3) is 0 Å². The monoisotopic (exact) mass is 477 g/mol. The molecule has 0 bridgehead atoms. The van der Waals surface area contributed by atoms with E-state index in [0.29, 0.717) is 5.76 Å². The number of ether oxygens (including phenoxy) is 1. The molecule has 4 nitrogen and oxygen atoms in total. The zero-order valence-electron chi connectivity index (χ0n) is 19.1. The van der Waals surface area contributed by atoms with Crippen molar-refractivity contribution in [1.82, 2.24) is 4.90 Å². The van der Waals surface area contributed by atoms with Crippen LogP contribution < -0.4 is 0 Å². The summed E-state index contributed by atoms with van der Waals surface area (Å²) in [5.41, 5.74) is 1.91. The van der Waals surface area contributed by atoms with Crippen molar-refractivity contribution in [3.8, 4) is 0 Å². The summed E-state index contributed by atoms with van der Waals surface area (Å²) in [6.45, 7) is 12.1. The van der Waals surface area contributed by atoms with Gasteiger partial charge in [-0.25, -0.2) is 4.79 Å². The second-order valence-corrected chi connectivity index (χ2v) is 9.85. The number of aliphatic hydroxyl groups is 1. The Morgan fingerprint density at radius 2 is 1.70 bits per heavy atom. The number of amides is 1. The Kier molecular flexibility index (Phi) is 9.17. The van der Waals surface area contributed by atoms with E-state index >= 15 is 0 Å². The van der Waals surface area contributed by atoms with E-state index in [-0.39, 0.29) is 30.0 Å². The number of allylic oxidation sites excluding steroid dienone is 2. The Balaban J connectivity index is 2.37. The predicted molar refractivity (Wildman–Crippen MR) is 126 cm³/mol. The van der Waals surface area contributed by atoms with E-state index in [1.165, 1.54) is 0 Å². The highest BCUT2D eigenvalue weighted by Crippen LogP contribution is 2.34. The molecule has 1 amide bonds. The van der Waals surface area contributed by atoms with E-state index in [4.69, 9.17) is 4.74 Å². The van der Waals surface area contributed by atoms with Crippen molar-refractivity contribution in [2.24, 2.45) is 11.8 Å². The summed E-state index contributed by atoms with van der Waals surface area (Å²) in [5, 5.41) is 11.1. The van der Waals surface area contributed by atoms with Crippen molar-refractivity contribution in [1.29, 1.82) is 0 Å². The lowest BCUT2D eigenvalue weighted by Crippen LogP contribution is -2.42. The number of carbonyl (C=O) groups excluding carboxylic acids is 1. The maximum Gasteiger partial charge on any atom is 0.415 e. The van der Waals surface area contributed by atoms with Gasteiger partial charge in [-0.1, -0.05) is 48.0 Å². The number of hydrogen-bond donors (Lipinski definition) is 1. The zero-order chi connectivity index (χ0) is 22.4. The van der Waals surface area contributed by atoms with Gasteiger partial charge in [-0.2, -0.15) is 0 Å². The lowest BCUT2D eigenvalue weighted by Gasteiger charge is -2.31. The minimum absolute atomic E-state index is 0.0468. The van der Waals surface area contributed by atoms with E-state index in [1.54, 1.807) is 4.90 Å². The average molecular weight is 478 g/mol. The normalized spacial score (nSPS) is 16.8. The van der Waals surface area contributed by atoms with Gasteiger partial charge in [0.1, 0.15) is 5.76 Å². The first-order valence-corrected chi connectivity index (χ1v) is 11.8. The molecule has 30 heavy (non-hydrogen) atoms. The van der Waals surface area contributed by atoms with Crippen molar-refractivity contribution in [3.63, 3.8) is 0 Å².